The van der Waals surface area contributed by atoms with E-state index < -0.39 is 0 Å². The Kier molecular flexibility index (Phi) is 5.35. The van der Waals surface area contributed by atoms with Gasteiger partial charge < -0.3 is 10.6 Å². The Hall–Kier alpha value is -2.95. The van der Waals surface area contributed by atoms with Gasteiger partial charge in [-0.2, -0.15) is 10.1 Å². The largest absolute Gasteiger partial charge is 0.365 e. The molecule has 0 bridgehead atoms. The molecule has 2 N–H and O–H groups in total. The van der Waals surface area contributed by atoms with E-state index in [4.69, 9.17) is 0 Å². The number of benzene rings is 2. The minimum Gasteiger partial charge on any atom is -0.365 e. The molecule has 1 heterocycles. The molecule has 24 heavy (non-hydrogen) atoms. The smallest absolute Gasteiger partial charge is 0.244 e. The van der Waals surface area contributed by atoms with Gasteiger partial charge in [0.05, 0.1) is 6.20 Å². The van der Waals surface area contributed by atoms with Crippen LogP contribution in [0, 0.1) is 6.92 Å². The number of rotatable bonds is 7. The maximum atomic E-state index is 4.45. The van der Waals surface area contributed by atoms with Crippen molar-refractivity contribution >= 4 is 11.8 Å². The first-order valence-corrected chi connectivity index (χ1v) is 8.06. The molecule has 0 saturated heterocycles. The molecule has 0 spiro atoms. The summed E-state index contributed by atoms with van der Waals surface area (Å²) in [5, 5.41) is 14.5. The third-order valence-electron chi connectivity index (χ3n) is 3.65. The summed E-state index contributed by atoms with van der Waals surface area (Å²) in [5.41, 5.74) is 3.75. The summed E-state index contributed by atoms with van der Waals surface area (Å²) in [5.74, 6) is 1.26. The molecule has 0 aliphatic rings. The average Bonchev–Trinajstić information content (AvgIpc) is 2.61. The molecule has 0 saturated carbocycles. The molecule has 5 nitrogen and oxygen atoms in total. The monoisotopic (exact) mass is 319 g/mol. The van der Waals surface area contributed by atoms with Gasteiger partial charge in [-0.1, -0.05) is 60.2 Å². The van der Waals surface area contributed by atoms with Gasteiger partial charge in [0.15, 0.2) is 5.82 Å². The molecular weight excluding hydrogens is 298 g/mol. The molecule has 0 aliphatic carbocycles. The van der Waals surface area contributed by atoms with E-state index in [2.05, 4.69) is 69.1 Å². The van der Waals surface area contributed by atoms with Crippen molar-refractivity contribution in [1.29, 1.82) is 0 Å². The molecule has 3 rings (SSSR count). The van der Waals surface area contributed by atoms with E-state index in [9.17, 15) is 0 Å². The minimum absolute atomic E-state index is 0.542. The second-order valence-electron chi connectivity index (χ2n) is 5.67. The summed E-state index contributed by atoms with van der Waals surface area (Å²) in [6.07, 6.45) is 2.56. The van der Waals surface area contributed by atoms with Gasteiger partial charge >= 0.3 is 0 Å². The van der Waals surface area contributed by atoms with Crippen LogP contribution in [-0.4, -0.2) is 21.7 Å². The van der Waals surface area contributed by atoms with Crippen LogP contribution in [0.15, 0.2) is 60.8 Å². The van der Waals surface area contributed by atoms with Crippen LogP contribution in [0.3, 0.4) is 0 Å². The van der Waals surface area contributed by atoms with Gasteiger partial charge in [0, 0.05) is 13.1 Å². The van der Waals surface area contributed by atoms with Gasteiger partial charge in [0.1, 0.15) is 0 Å². The van der Waals surface area contributed by atoms with E-state index in [1.165, 1.54) is 16.7 Å². The standard InChI is InChI=1S/C19H21N5/c1-15-6-5-9-17(12-15)13-21-18-14-22-24-19(23-18)20-11-10-16-7-3-2-4-8-16/h2-9,12,14H,10-11,13H2,1H3,(H2,20,21,23,24). The van der Waals surface area contributed by atoms with Gasteiger partial charge in [0.2, 0.25) is 5.95 Å². The highest BCUT2D eigenvalue weighted by atomic mass is 15.3. The van der Waals surface area contributed by atoms with Crippen LogP contribution in [0.25, 0.3) is 0 Å². The molecule has 0 radical (unpaired) electrons. The summed E-state index contributed by atoms with van der Waals surface area (Å²) in [6, 6.07) is 18.7. The molecule has 0 unspecified atom stereocenters. The van der Waals surface area contributed by atoms with Crippen molar-refractivity contribution in [2.45, 2.75) is 19.9 Å². The average molecular weight is 319 g/mol. The molecule has 2 aromatic carbocycles. The molecule has 0 fully saturated rings. The third kappa shape index (κ3) is 4.78. The maximum absolute atomic E-state index is 4.45. The Balaban J connectivity index is 1.52. The van der Waals surface area contributed by atoms with Gasteiger partial charge in [0.25, 0.3) is 0 Å². The Morgan fingerprint density at radius 3 is 2.58 bits per heavy atom. The Labute approximate surface area is 142 Å². The van der Waals surface area contributed by atoms with Crippen LogP contribution in [0.1, 0.15) is 16.7 Å². The molecule has 122 valence electrons. The zero-order valence-corrected chi connectivity index (χ0v) is 13.7. The predicted molar refractivity (Wildman–Crippen MR) is 97.0 cm³/mol. The number of hydrogen-bond acceptors (Lipinski definition) is 5. The number of nitrogens with zero attached hydrogens (tertiary/aromatic N) is 3. The highest BCUT2D eigenvalue weighted by molar-refractivity contribution is 5.38. The quantitative estimate of drug-likeness (QED) is 0.698. The van der Waals surface area contributed by atoms with Crippen molar-refractivity contribution in [2.75, 3.05) is 17.2 Å². The fraction of sp³-hybridized carbons (Fsp3) is 0.211. The fourth-order valence-corrected chi connectivity index (χ4v) is 2.44. The van der Waals surface area contributed by atoms with Crippen LogP contribution < -0.4 is 10.6 Å². The van der Waals surface area contributed by atoms with Gasteiger partial charge in [-0.3, -0.25) is 0 Å². The molecular formula is C19H21N5. The lowest BCUT2D eigenvalue weighted by molar-refractivity contribution is 0.921. The molecule has 0 amide bonds. The topological polar surface area (TPSA) is 62.7 Å². The minimum atomic E-state index is 0.542. The zero-order valence-electron chi connectivity index (χ0n) is 13.7. The Morgan fingerprint density at radius 2 is 1.75 bits per heavy atom. The van der Waals surface area contributed by atoms with E-state index in [0.29, 0.717) is 18.3 Å². The van der Waals surface area contributed by atoms with Crippen LogP contribution in [-0.2, 0) is 13.0 Å². The third-order valence-corrected chi connectivity index (χ3v) is 3.65. The van der Waals surface area contributed by atoms with E-state index in [-0.39, 0.29) is 0 Å². The second kappa shape index (κ2) is 8.06. The first-order chi connectivity index (χ1) is 11.8. The number of nitrogens with one attached hydrogen (secondary N) is 2. The van der Waals surface area contributed by atoms with Crippen molar-refractivity contribution in [2.24, 2.45) is 0 Å². The van der Waals surface area contributed by atoms with Crippen molar-refractivity contribution in [1.82, 2.24) is 15.2 Å². The van der Waals surface area contributed by atoms with Gasteiger partial charge in [-0.05, 0) is 24.5 Å². The van der Waals surface area contributed by atoms with E-state index in [0.717, 1.165) is 13.0 Å². The van der Waals surface area contributed by atoms with Crippen LogP contribution in [0.2, 0.25) is 0 Å². The first kappa shape index (κ1) is 15.9. The SMILES string of the molecule is Cc1cccc(CNc2cnnc(NCCc3ccccc3)n2)c1. The van der Waals surface area contributed by atoms with Crippen LogP contribution >= 0.6 is 0 Å². The molecule has 0 aliphatic heterocycles. The molecule has 1 aromatic heterocycles. The van der Waals surface area contributed by atoms with E-state index >= 15 is 0 Å². The fourth-order valence-electron chi connectivity index (χ4n) is 2.44. The molecule has 3 aromatic rings. The van der Waals surface area contributed by atoms with E-state index in [1.54, 1.807) is 6.20 Å². The second-order valence-corrected chi connectivity index (χ2v) is 5.67. The Morgan fingerprint density at radius 1 is 0.917 bits per heavy atom. The summed E-state index contributed by atoms with van der Waals surface area (Å²) >= 11 is 0. The Bertz CT molecular complexity index is 773. The molecule has 0 atom stereocenters. The number of anilines is 2. The van der Waals surface area contributed by atoms with Crippen LogP contribution in [0.4, 0.5) is 11.8 Å². The molecule has 5 heteroatoms. The number of aryl methyl sites for hydroxylation is 1. The van der Waals surface area contributed by atoms with Crippen molar-refractivity contribution in [3.63, 3.8) is 0 Å². The number of hydrogen-bond donors (Lipinski definition) is 2. The van der Waals surface area contributed by atoms with Crippen molar-refractivity contribution in [3.8, 4) is 0 Å². The highest BCUT2D eigenvalue weighted by Gasteiger charge is 2.01. The normalized spacial score (nSPS) is 10.4. The summed E-state index contributed by atoms with van der Waals surface area (Å²) < 4.78 is 0. The lowest BCUT2D eigenvalue weighted by Crippen LogP contribution is -2.10. The van der Waals surface area contributed by atoms with Crippen LogP contribution in [0.5, 0.6) is 0 Å². The van der Waals surface area contributed by atoms with E-state index in [1.807, 2.05) is 18.2 Å². The predicted octanol–water partition coefficient (Wildman–Crippen LogP) is 3.45. The van der Waals surface area contributed by atoms with Crippen molar-refractivity contribution < 1.29 is 0 Å². The van der Waals surface area contributed by atoms with Gasteiger partial charge in [-0.15, -0.1) is 5.10 Å². The highest BCUT2D eigenvalue weighted by Crippen LogP contribution is 2.09. The number of aromatic nitrogens is 3. The lowest BCUT2D eigenvalue weighted by atomic mass is 10.1. The van der Waals surface area contributed by atoms with Gasteiger partial charge in [-0.25, -0.2) is 0 Å². The van der Waals surface area contributed by atoms with Crippen molar-refractivity contribution in [3.05, 3.63) is 77.5 Å². The maximum Gasteiger partial charge on any atom is 0.244 e. The summed E-state index contributed by atoms with van der Waals surface area (Å²) in [7, 11) is 0. The zero-order chi connectivity index (χ0) is 16.6. The summed E-state index contributed by atoms with van der Waals surface area (Å²) in [6.45, 7) is 3.57. The first-order valence-electron chi connectivity index (χ1n) is 8.06. The lowest BCUT2D eigenvalue weighted by Gasteiger charge is -2.08. The summed E-state index contributed by atoms with van der Waals surface area (Å²) in [4.78, 5) is 4.45.